The third-order valence-corrected chi connectivity index (χ3v) is 5.80. The number of nitrogens with one attached hydrogen (secondary N) is 2. The first-order valence-electron chi connectivity index (χ1n) is 9.94. The van der Waals surface area contributed by atoms with Gasteiger partial charge in [-0.25, -0.2) is 4.79 Å². The summed E-state index contributed by atoms with van der Waals surface area (Å²) in [4.78, 5) is 24.0. The molecule has 2 aromatic heterocycles. The zero-order chi connectivity index (χ0) is 20.6. The molecule has 8 nitrogen and oxygen atoms in total. The second-order valence-electron chi connectivity index (χ2n) is 6.89. The molecule has 0 spiro atoms. The second kappa shape index (κ2) is 10.3. The number of furan rings is 1. The van der Waals surface area contributed by atoms with Gasteiger partial charge in [0.15, 0.2) is 11.0 Å². The molecule has 9 heteroatoms. The summed E-state index contributed by atoms with van der Waals surface area (Å²) in [5.74, 6) is 1.19. The van der Waals surface area contributed by atoms with Gasteiger partial charge < -0.3 is 14.3 Å². The van der Waals surface area contributed by atoms with Crippen LogP contribution in [-0.2, 0) is 11.3 Å². The van der Waals surface area contributed by atoms with Crippen LogP contribution in [0.2, 0.25) is 0 Å². The summed E-state index contributed by atoms with van der Waals surface area (Å²) in [5, 5.41) is 14.2. The van der Waals surface area contributed by atoms with E-state index in [0.717, 1.165) is 30.6 Å². The van der Waals surface area contributed by atoms with Crippen LogP contribution in [0.25, 0.3) is 11.4 Å². The minimum Gasteiger partial charge on any atom is -0.469 e. The van der Waals surface area contributed by atoms with Gasteiger partial charge in [0.25, 0.3) is 0 Å². The van der Waals surface area contributed by atoms with Gasteiger partial charge in [0.05, 0.1) is 17.6 Å². The molecule has 0 aliphatic heterocycles. The number of carbonyl (C=O) groups is 2. The fourth-order valence-electron chi connectivity index (χ4n) is 3.30. The molecule has 0 saturated carbocycles. The molecular formula is C20H27N5O3S. The number of carbonyl (C=O) groups excluding carboxylic acids is 2. The lowest BCUT2D eigenvalue weighted by molar-refractivity contribution is -0.117. The molecule has 2 heterocycles. The van der Waals surface area contributed by atoms with Gasteiger partial charge in [0.2, 0.25) is 5.91 Å². The highest BCUT2D eigenvalue weighted by molar-refractivity contribution is 7.99. The van der Waals surface area contributed by atoms with Gasteiger partial charge in [-0.15, -0.1) is 10.2 Å². The van der Waals surface area contributed by atoms with Crippen LogP contribution in [0.4, 0.5) is 4.79 Å². The number of imide groups is 1. The summed E-state index contributed by atoms with van der Waals surface area (Å²) < 4.78 is 7.26. The Morgan fingerprint density at radius 2 is 2.17 bits per heavy atom. The molecule has 0 aromatic carbocycles. The van der Waals surface area contributed by atoms with Crippen LogP contribution in [0.15, 0.2) is 33.6 Å². The van der Waals surface area contributed by atoms with Gasteiger partial charge in [-0.2, -0.15) is 0 Å². The quantitative estimate of drug-likeness (QED) is 0.502. The van der Waals surface area contributed by atoms with Crippen molar-refractivity contribution in [3.05, 3.63) is 29.7 Å². The second-order valence-corrected chi connectivity index (χ2v) is 7.83. The zero-order valence-electron chi connectivity index (χ0n) is 16.9. The molecule has 0 bridgehead atoms. The predicted octanol–water partition coefficient (Wildman–Crippen LogP) is 3.67. The van der Waals surface area contributed by atoms with E-state index in [9.17, 15) is 9.59 Å². The molecule has 0 radical (unpaired) electrons. The highest BCUT2D eigenvalue weighted by atomic mass is 32.2. The van der Waals surface area contributed by atoms with Crippen LogP contribution < -0.4 is 10.6 Å². The van der Waals surface area contributed by atoms with Crippen molar-refractivity contribution in [3.8, 4) is 11.4 Å². The summed E-state index contributed by atoms with van der Waals surface area (Å²) in [6.45, 7) is 5.05. The van der Waals surface area contributed by atoms with Gasteiger partial charge in [-0.3, -0.25) is 10.1 Å². The topological polar surface area (TPSA) is 102 Å². The summed E-state index contributed by atoms with van der Waals surface area (Å²) >= 11 is 1.25. The predicted molar refractivity (Wildman–Crippen MR) is 112 cm³/mol. The minimum atomic E-state index is -0.460. The lowest BCUT2D eigenvalue weighted by Gasteiger charge is -2.13. The van der Waals surface area contributed by atoms with Crippen molar-refractivity contribution in [2.24, 2.45) is 0 Å². The number of aryl methyl sites for hydroxylation is 1. The summed E-state index contributed by atoms with van der Waals surface area (Å²) in [6, 6.07) is 1.39. The standard InChI is InChI=1S/C20H27N5O3S/c1-3-25-18(16-10-12-28-14(16)2)23-24-20(25)29-13-17(26)22-19(27)21-11-9-15-7-5-4-6-8-15/h7,10,12H,3-6,8-9,11,13H2,1-2H3,(H2,21,22,26,27). The van der Waals surface area contributed by atoms with Crippen molar-refractivity contribution in [3.63, 3.8) is 0 Å². The van der Waals surface area contributed by atoms with Crippen LogP contribution in [0.5, 0.6) is 0 Å². The number of hydrogen-bond donors (Lipinski definition) is 2. The van der Waals surface area contributed by atoms with Crippen molar-refractivity contribution in [2.45, 2.75) is 57.7 Å². The maximum absolute atomic E-state index is 12.1. The van der Waals surface area contributed by atoms with Crippen molar-refractivity contribution in [2.75, 3.05) is 12.3 Å². The van der Waals surface area contributed by atoms with E-state index in [2.05, 4.69) is 26.9 Å². The first kappa shape index (κ1) is 21.2. The van der Waals surface area contributed by atoms with Crippen LogP contribution in [0.3, 0.4) is 0 Å². The smallest absolute Gasteiger partial charge is 0.321 e. The number of allylic oxidation sites excluding steroid dienone is 1. The van der Waals surface area contributed by atoms with E-state index in [0.29, 0.717) is 24.1 Å². The lowest BCUT2D eigenvalue weighted by atomic mass is 9.97. The summed E-state index contributed by atoms with van der Waals surface area (Å²) in [5.41, 5.74) is 2.27. The van der Waals surface area contributed by atoms with Crippen molar-refractivity contribution < 1.29 is 14.0 Å². The van der Waals surface area contributed by atoms with Crippen LogP contribution in [0, 0.1) is 6.92 Å². The fourth-order valence-corrected chi connectivity index (χ4v) is 4.10. The Bertz CT molecular complexity index is 887. The van der Waals surface area contributed by atoms with Gasteiger partial charge in [0.1, 0.15) is 5.76 Å². The third-order valence-electron chi connectivity index (χ3n) is 4.83. The van der Waals surface area contributed by atoms with Gasteiger partial charge in [-0.05, 0) is 52.0 Å². The van der Waals surface area contributed by atoms with Gasteiger partial charge in [-0.1, -0.05) is 23.4 Å². The number of hydrogen-bond acceptors (Lipinski definition) is 6. The molecule has 3 amide bonds. The molecule has 156 valence electrons. The molecule has 0 atom stereocenters. The van der Waals surface area contributed by atoms with Crippen molar-refractivity contribution >= 4 is 23.7 Å². The third kappa shape index (κ3) is 5.72. The van der Waals surface area contributed by atoms with Gasteiger partial charge in [0, 0.05) is 13.1 Å². The summed E-state index contributed by atoms with van der Waals surface area (Å²) in [6.07, 6.45) is 9.42. The Morgan fingerprint density at radius 1 is 1.31 bits per heavy atom. The Hall–Kier alpha value is -2.55. The Morgan fingerprint density at radius 3 is 2.86 bits per heavy atom. The first-order chi connectivity index (χ1) is 14.1. The van der Waals surface area contributed by atoms with Crippen LogP contribution in [-0.4, -0.2) is 39.0 Å². The molecule has 1 aliphatic carbocycles. The van der Waals surface area contributed by atoms with E-state index in [-0.39, 0.29) is 11.7 Å². The SMILES string of the molecule is CCn1c(SCC(=O)NC(=O)NCCC2=CCCCC2)nnc1-c1ccoc1C. The molecule has 29 heavy (non-hydrogen) atoms. The van der Waals surface area contributed by atoms with Crippen LogP contribution in [0.1, 0.15) is 44.8 Å². The highest BCUT2D eigenvalue weighted by Gasteiger charge is 2.17. The fraction of sp³-hybridized carbons (Fsp3) is 0.500. The molecule has 2 aromatic rings. The molecule has 3 rings (SSSR count). The van der Waals surface area contributed by atoms with Crippen molar-refractivity contribution in [1.82, 2.24) is 25.4 Å². The summed E-state index contributed by atoms with van der Waals surface area (Å²) in [7, 11) is 0. The van der Waals surface area contributed by atoms with Gasteiger partial charge >= 0.3 is 6.03 Å². The Balaban J connectivity index is 1.45. The number of amides is 3. The Labute approximate surface area is 174 Å². The van der Waals surface area contributed by atoms with E-state index >= 15 is 0 Å². The normalized spacial score (nSPS) is 13.8. The Kier molecular flexibility index (Phi) is 7.51. The maximum atomic E-state index is 12.1. The van der Waals surface area contributed by atoms with E-state index in [4.69, 9.17) is 4.42 Å². The zero-order valence-corrected chi connectivity index (χ0v) is 17.7. The molecule has 2 N–H and O–H groups in total. The molecule has 0 unspecified atom stereocenters. The number of aromatic nitrogens is 3. The average Bonchev–Trinajstić information content (AvgIpc) is 3.32. The monoisotopic (exact) mass is 417 g/mol. The minimum absolute atomic E-state index is 0.0844. The molecule has 0 fully saturated rings. The first-order valence-corrected chi connectivity index (χ1v) is 10.9. The average molecular weight is 418 g/mol. The number of urea groups is 1. The molecular weight excluding hydrogens is 390 g/mol. The van der Waals surface area contributed by atoms with E-state index in [1.165, 1.54) is 30.2 Å². The molecule has 1 aliphatic rings. The van der Waals surface area contributed by atoms with Crippen molar-refractivity contribution in [1.29, 1.82) is 0 Å². The molecule has 0 saturated heterocycles. The maximum Gasteiger partial charge on any atom is 0.321 e. The lowest BCUT2D eigenvalue weighted by Crippen LogP contribution is -2.40. The van der Waals surface area contributed by atoms with E-state index in [1.54, 1.807) is 6.26 Å². The number of rotatable bonds is 8. The number of thioether (sulfide) groups is 1. The van der Waals surface area contributed by atoms with Crippen LogP contribution >= 0.6 is 11.8 Å². The number of nitrogens with zero attached hydrogens (tertiary/aromatic N) is 3. The highest BCUT2D eigenvalue weighted by Crippen LogP contribution is 2.26. The van der Waals surface area contributed by atoms with E-state index < -0.39 is 6.03 Å². The van der Waals surface area contributed by atoms with E-state index in [1.807, 2.05) is 24.5 Å². The largest absolute Gasteiger partial charge is 0.469 e.